The van der Waals surface area contributed by atoms with Crippen molar-refractivity contribution in [1.82, 2.24) is 0 Å². The molecule has 1 aromatic rings. The van der Waals surface area contributed by atoms with E-state index in [1.54, 1.807) is 5.56 Å². The van der Waals surface area contributed by atoms with Crippen LogP contribution < -0.4 is 0 Å². The van der Waals surface area contributed by atoms with Gasteiger partial charge in [-0.1, -0.05) is 77.6 Å². The summed E-state index contributed by atoms with van der Waals surface area (Å²) < 4.78 is 0. The molecule has 0 saturated carbocycles. The van der Waals surface area contributed by atoms with E-state index < -0.39 is 0 Å². The Kier molecular flexibility index (Phi) is 6.32. The fourth-order valence-corrected chi connectivity index (χ4v) is 2.52. The van der Waals surface area contributed by atoms with Crippen molar-refractivity contribution >= 4 is 0 Å². The van der Waals surface area contributed by atoms with Crippen LogP contribution >= 0.6 is 0 Å². The molecule has 0 heterocycles. The summed E-state index contributed by atoms with van der Waals surface area (Å²) in [5.74, 6) is 1.36. The summed E-state index contributed by atoms with van der Waals surface area (Å²) in [7, 11) is 0. The molecule has 0 aromatic heterocycles. The van der Waals surface area contributed by atoms with E-state index in [1.165, 1.54) is 37.7 Å². The largest absolute Gasteiger partial charge is 0.0654 e. The van der Waals surface area contributed by atoms with Gasteiger partial charge in [-0.05, 0) is 29.4 Å². The molecular formula is C17H28. The third-order valence-electron chi connectivity index (χ3n) is 3.64. The Morgan fingerprint density at radius 3 is 2.12 bits per heavy atom. The highest BCUT2D eigenvalue weighted by Gasteiger charge is 2.11. The zero-order valence-electron chi connectivity index (χ0n) is 12.0. The van der Waals surface area contributed by atoms with Crippen LogP contribution in [-0.4, -0.2) is 0 Å². The monoisotopic (exact) mass is 232 g/mol. The van der Waals surface area contributed by atoms with Gasteiger partial charge in [0.05, 0.1) is 0 Å². The quantitative estimate of drug-likeness (QED) is 0.515. The lowest BCUT2D eigenvalue weighted by Crippen LogP contribution is -2.01. The molecule has 0 fully saturated rings. The molecule has 1 atom stereocenters. The Morgan fingerprint density at radius 1 is 0.882 bits per heavy atom. The highest BCUT2D eigenvalue weighted by atomic mass is 14.2. The second-order valence-electron chi connectivity index (χ2n) is 5.53. The number of benzene rings is 1. The van der Waals surface area contributed by atoms with Crippen molar-refractivity contribution in [3.05, 3.63) is 35.4 Å². The number of hydrogen-bond acceptors (Lipinski definition) is 0. The zero-order valence-corrected chi connectivity index (χ0v) is 12.0. The number of hydrogen-bond donors (Lipinski definition) is 0. The Balaban J connectivity index is 2.58. The second-order valence-corrected chi connectivity index (χ2v) is 5.53. The summed E-state index contributed by atoms with van der Waals surface area (Å²) in [4.78, 5) is 0. The fourth-order valence-electron chi connectivity index (χ4n) is 2.52. The van der Waals surface area contributed by atoms with Crippen molar-refractivity contribution < 1.29 is 0 Å². The van der Waals surface area contributed by atoms with Crippen LogP contribution in [0.25, 0.3) is 0 Å². The predicted octanol–water partition coefficient (Wildman–Crippen LogP) is 5.88. The number of unbranched alkanes of at least 4 members (excludes halogenated alkanes) is 3. The predicted molar refractivity (Wildman–Crippen MR) is 77.7 cm³/mol. The maximum Gasteiger partial charge on any atom is -0.0188 e. The fraction of sp³-hybridized carbons (Fsp3) is 0.647. The van der Waals surface area contributed by atoms with E-state index in [9.17, 15) is 0 Å². The summed E-state index contributed by atoms with van der Waals surface area (Å²) in [6.07, 6.45) is 6.82. The Labute approximate surface area is 107 Å². The van der Waals surface area contributed by atoms with Crippen LogP contribution in [0.2, 0.25) is 0 Å². The van der Waals surface area contributed by atoms with Crippen molar-refractivity contribution in [2.75, 3.05) is 0 Å². The van der Waals surface area contributed by atoms with Crippen LogP contribution in [-0.2, 0) is 0 Å². The molecule has 17 heavy (non-hydrogen) atoms. The Bertz CT molecular complexity index is 312. The molecule has 0 spiro atoms. The first-order valence-electron chi connectivity index (χ1n) is 7.25. The SMILES string of the molecule is CCCCCCC(C)c1ccccc1C(C)C. The standard InChI is InChI=1S/C17H28/c1-5-6-7-8-11-15(4)17-13-10-9-12-16(17)14(2)3/h9-10,12-15H,5-8,11H2,1-4H3. The van der Waals surface area contributed by atoms with Gasteiger partial charge in [-0.25, -0.2) is 0 Å². The summed E-state index contributed by atoms with van der Waals surface area (Å²) in [5.41, 5.74) is 3.11. The lowest BCUT2D eigenvalue weighted by Gasteiger charge is -2.18. The molecule has 1 rings (SSSR count). The van der Waals surface area contributed by atoms with Gasteiger partial charge in [0, 0.05) is 0 Å². The summed E-state index contributed by atoms with van der Waals surface area (Å²) in [5, 5.41) is 0. The molecule has 1 aromatic carbocycles. The van der Waals surface area contributed by atoms with Gasteiger partial charge >= 0.3 is 0 Å². The topological polar surface area (TPSA) is 0 Å². The minimum atomic E-state index is 0.643. The number of rotatable bonds is 7. The lowest BCUT2D eigenvalue weighted by molar-refractivity contribution is 0.575. The van der Waals surface area contributed by atoms with Gasteiger partial charge in [0.2, 0.25) is 0 Å². The average molecular weight is 232 g/mol. The van der Waals surface area contributed by atoms with Crippen molar-refractivity contribution in [2.24, 2.45) is 0 Å². The van der Waals surface area contributed by atoms with Crippen molar-refractivity contribution in [3.63, 3.8) is 0 Å². The van der Waals surface area contributed by atoms with Crippen molar-refractivity contribution in [3.8, 4) is 0 Å². The third-order valence-corrected chi connectivity index (χ3v) is 3.64. The maximum absolute atomic E-state index is 2.38. The van der Waals surface area contributed by atoms with Gasteiger partial charge in [0.25, 0.3) is 0 Å². The van der Waals surface area contributed by atoms with Crippen molar-refractivity contribution in [2.45, 2.75) is 71.6 Å². The van der Waals surface area contributed by atoms with Crippen LogP contribution in [0.1, 0.15) is 82.8 Å². The average Bonchev–Trinajstić information content (AvgIpc) is 2.34. The molecule has 0 aliphatic heterocycles. The van der Waals surface area contributed by atoms with Crippen LogP contribution in [0.3, 0.4) is 0 Å². The third kappa shape index (κ3) is 4.53. The Morgan fingerprint density at radius 2 is 1.53 bits per heavy atom. The summed E-state index contributed by atoms with van der Waals surface area (Å²) in [6, 6.07) is 8.97. The molecule has 1 unspecified atom stereocenters. The summed E-state index contributed by atoms with van der Waals surface area (Å²) >= 11 is 0. The molecule has 0 aliphatic rings. The molecule has 96 valence electrons. The highest BCUT2D eigenvalue weighted by Crippen LogP contribution is 2.29. The molecule has 0 saturated heterocycles. The van der Waals surface area contributed by atoms with Crippen LogP contribution in [0.5, 0.6) is 0 Å². The maximum atomic E-state index is 2.38. The van der Waals surface area contributed by atoms with E-state index in [1.807, 2.05) is 0 Å². The van der Waals surface area contributed by atoms with E-state index in [0.29, 0.717) is 11.8 Å². The van der Waals surface area contributed by atoms with Crippen molar-refractivity contribution in [1.29, 1.82) is 0 Å². The zero-order chi connectivity index (χ0) is 12.7. The van der Waals surface area contributed by atoms with Crippen LogP contribution in [0, 0.1) is 0 Å². The van der Waals surface area contributed by atoms with Gasteiger partial charge in [-0.3, -0.25) is 0 Å². The van der Waals surface area contributed by atoms with Gasteiger partial charge < -0.3 is 0 Å². The molecule has 0 aliphatic carbocycles. The van der Waals surface area contributed by atoms with Gasteiger partial charge in [-0.2, -0.15) is 0 Å². The smallest absolute Gasteiger partial charge is 0.0188 e. The molecular weight excluding hydrogens is 204 g/mol. The van der Waals surface area contributed by atoms with E-state index in [4.69, 9.17) is 0 Å². The highest BCUT2D eigenvalue weighted by molar-refractivity contribution is 5.32. The van der Waals surface area contributed by atoms with Gasteiger partial charge in [-0.15, -0.1) is 0 Å². The lowest BCUT2D eigenvalue weighted by atomic mass is 9.87. The van der Waals surface area contributed by atoms with E-state index in [2.05, 4.69) is 52.0 Å². The molecule has 0 bridgehead atoms. The first kappa shape index (κ1) is 14.3. The van der Waals surface area contributed by atoms with Crippen LogP contribution in [0.15, 0.2) is 24.3 Å². The molecule has 0 nitrogen and oxygen atoms in total. The summed E-state index contributed by atoms with van der Waals surface area (Å²) in [6.45, 7) is 9.25. The van der Waals surface area contributed by atoms with Gasteiger partial charge in [0.1, 0.15) is 0 Å². The molecule has 0 heteroatoms. The minimum absolute atomic E-state index is 0.643. The molecule has 0 radical (unpaired) electrons. The van der Waals surface area contributed by atoms with E-state index in [-0.39, 0.29) is 0 Å². The first-order valence-corrected chi connectivity index (χ1v) is 7.25. The van der Waals surface area contributed by atoms with Crippen LogP contribution in [0.4, 0.5) is 0 Å². The minimum Gasteiger partial charge on any atom is -0.0654 e. The molecule has 0 amide bonds. The molecule has 0 N–H and O–H groups in total. The Hall–Kier alpha value is -0.780. The van der Waals surface area contributed by atoms with E-state index >= 15 is 0 Å². The first-order chi connectivity index (χ1) is 8.16. The van der Waals surface area contributed by atoms with E-state index in [0.717, 1.165) is 0 Å². The normalized spacial score (nSPS) is 13.0. The second kappa shape index (κ2) is 7.53. The van der Waals surface area contributed by atoms with Gasteiger partial charge in [0.15, 0.2) is 0 Å².